The van der Waals surface area contributed by atoms with E-state index in [1.165, 1.54) is 0 Å². The molecule has 1 aromatic rings. The first-order valence-electron chi connectivity index (χ1n) is 5.60. The van der Waals surface area contributed by atoms with E-state index in [0.29, 0.717) is 5.56 Å². The highest BCUT2D eigenvalue weighted by molar-refractivity contribution is 5.77. The molecule has 0 radical (unpaired) electrons. The fourth-order valence-corrected chi connectivity index (χ4v) is 2.14. The van der Waals surface area contributed by atoms with E-state index < -0.39 is 0 Å². The topological polar surface area (TPSA) is 83.0 Å². The number of amides is 1. The Morgan fingerprint density at radius 1 is 1.53 bits per heavy atom. The Morgan fingerprint density at radius 3 is 2.82 bits per heavy atom. The summed E-state index contributed by atoms with van der Waals surface area (Å²) in [4.78, 5) is 17.2. The van der Waals surface area contributed by atoms with Gasteiger partial charge in [0.2, 0.25) is 5.91 Å². The molecule has 1 fully saturated rings. The van der Waals surface area contributed by atoms with Gasteiger partial charge < -0.3 is 10.6 Å². The fraction of sp³-hybridized carbons (Fsp3) is 0.417. The van der Waals surface area contributed by atoms with Gasteiger partial charge in [0.1, 0.15) is 6.07 Å². The van der Waals surface area contributed by atoms with Gasteiger partial charge in [-0.3, -0.25) is 9.78 Å². The van der Waals surface area contributed by atoms with Gasteiger partial charge in [-0.1, -0.05) is 0 Å². The molecule has 1 aliphatic rings. The number of anilines is 1. The van der Waals surface area contributed by atoms with Gasteiger partial charge >= 0.3 is 0 Å². The quantitative estimate of drug-likeness (QED) is 0.808. The second-order valence-electron chi connectivity index (χ2n) is 4.17. The summed E-state index contributed by atoms with van der Waals surface area (Å²) in [6.45, 7) is 1.49. The lowest BCUT2D eigenvalue weighted by molar-refractivity contribution is -0.122. The zero-order valence-electron chi connectivity index (χ0n) is 9.47. The number of piperidine rings is 1. The lowest BCUT2D eigenvalue weighted by Gasteiger charge is -2.32. The first-order chi connectivity index (χ1) is 8.22. The summed E-state index contributed by atoms with van der Waals surface area (Å²) in [6, 6.07) is 3.86. The lowest BCUT2D eigenvalue weighted by atomic mass is 9.96. The van der Waals surface area contributed by atoms with Gasteiger partial charge in [0.25, 0.3) is 0 Å². The van der Waals surface area contributed by atoms with E-state index in [-0.39, 0.29) is 11.8 Å². The van der Waals surface area contributed by atoms with Crippen molar-refractivity contribution in [3.8, 4) is 6.07 Å². The van der Waals surface area contributed by atoms with Crippen molar-refractivity contribution in [3.63, 3.8) is 0 Å². The Kier molecular flexibility index (Phi) is 3.24. The smallest absolute Gasteiger partial charge is 0.220 e. The first-order valence-corrected chi connectivity index (χ1v) is 5.60. The number of primary amides is 1. The number of nitrogens with zero attached hydrogens (tertiary/aromatic N) is 3. The number of rotatable bonds is 2. The van der Waals surface area contributed by atoms with Gasteiger partial charge in [-0.25, -0.2) is 0 Å². The summed E-state index contributed by atoms with van der Waals surface area (Å²) < 4.78 is 0. The third-order valence-electron chi connectivity index (χ3n) is 3.16. The van der Waals surface area contributed by atoms with Crippen LogP contribution in [0.25, 0.3) is 0 Å². The Labute approximate surface area is 99.9 Å². The number of hydrogen-bond acceptors (Lipinski definition) is 4. The number of nitrogens with two attached hydrogens (primary N) is 1. The van der Waals surface area contributed by atoms with Crippen LogP contribution in [0.1, 0.15) is 18.4 Å². The first kappa shape index (κ1) is 11.4. The summed E-state index contributed by atoms with van der Waals surface area (Å²) >= 11 is 0. The van der Waals surface area contributed by atoms with Crippen LogP contribution < -0.4 is 10.6 Å². The molecule has 2 N–H and O–H groups in total. The summed E-state index contributed by atoms with van der Waals surface area (Å²) in [6.07, 6.45) is 4.80. The van der Waals surface area contributed by atoms with Crippen LogP contribution in [0, 0.1) is 17.2 Å². The molecule has 1 aromatic heterocycles. The second kappa shape index (κ2) is 4.83. The molecule has 1 aliphatic heterocycles. The normalized spacial score (nSPS) is 16.5. The van der Waals surface area contributed by atoms with E-state index in [0.717, 1.165) is 31.6 Å². The molecule has 0 atom stereocenters. The molecule has 5 nitrogen and oxygen atoms in total. The van der Waals surface area contributed by atoms with Crippen LogP contribution in [0.2, 0.25) is 0 Å². The highest BCUT2D eigenvalue weighted by atomic mass is 16.1. The van der Waals surface area contributed by atoms with Crippen LogP contribution in [0.15, 0.2) is 18.5 Å². The summed E-state index contributed by atoms with van der Waals surface area (Å²) in [7, 11) is 0. The Bertz CT molecular complexity index is 458. The van der Waals surface area contributed by atoms with Crippen LogP contribution in [0.4, 0.5) is 5.69 Å². The molecule has 17 heavy (non-hydrogen) atoms. The maximum absolute atomic E-state index is 11.1. The maximum atomic E-state index is 11.1. The molecule has 88 valence electrons. The van der Waals surface area contributed by atoms with Gasteiger partial charge in [0, 0.05) is 25.2 Å². The number of hydrogen-bond donors (Lipinski definition) is 1. The van der Waals surface area contributed by atoms with Crippen LogP contribution in [0.3, 0.4) is 0 Å². The standard InChI is InChI=1S/C12H14N4O/c13-7-10-1-4-15-8-11(10)16-5-2-9(3-6-16)12(14)17/h1,4,8-9H,2-3,5-6H2,(H2,14,17). The van der Waals surface area contributed by atoms with Gasteiger partial charge in [-0.15, -0.1) is 0 Å². The third-order valence-corrected chi connectivity index (χ3v) is 3.16. The van der Waals surface area contributed by atoms with Crippen molar-refractivity contribution in [1.29, 1.82) is 5.26 Å². The molecule has 0 aromatic carbocycles. The minimum Gasteiger partial charge on any atom is -0.369 e. The van der Waals surface area contributed by atoms with Crippen molar-refractivity contribution in [2.75, 3.05) is 18.0 Å². The fourth-order valence-electron chi connectivity index (χ4n) is 2.14. The molecule has 0 bridgehead atoms. The summed E-state index contributed by atoms with van der Waals surface area (Å²) in [5, 5.41) is 9.01. The van der Waals surface area contributed by atoms with E-state index in [2.05, 4.69) is 16.0 Å². The molecule has 1 saturated heterocycles. The van der Waals surface area contributed by atoms with Crippen molar-refractivity contribution in [2.24, 2.45) is 11.7 Å². The molecule has 1 amide bonds. The molecule has 0 unspecified atom stereocenters. The molecule has 2 rings (SSSR count). The van der Waals surface area contributed by atoms with Crippen LogP contribution in [-0.4, -0.2) is 24.0 Å². The maximum Gasteiger partial charge on any atom is 0.220 e. The van der Waals surface area contributed by atoms with Gasteiger partial charge in [-0.2, -0.15) is 5.26 Å². The molecule has 0 saturated carbocycles. The number of pyridine rings is 1. The zero-order chi connectivity index (χ0) is 12.3. The number of carbonyl (C=O) groups is 1. The van der Waals surface area contributed by atoms with Gasteiger partial charge in [0.15, 0.2) is 0 Å². The second-order valence-corrected chi connectivity index (χ2v) is 4.17. The monoisotopic (exact) mass is 230 g/mol. The molecular weight excluding hydrogens is 216 g/mol. The van der Waals surface area contributed by atoms with Crippen molar-refractivity contribution in [3.05, 3.63) is 24.0 Å². The van der Waals surface area contributed by atoms with E-state index >= 15 is 0 Å². The zero-order valence-corrected chi connectivity index (χ0v) is 9.47. The predicted molar refractivity (Wildman–Crippen MR) is 63.1 cm³/mol. The number of aromatic nitrogens is 1. The average Bonchev–Trinajstić information content (AvgIpc) is 2.39. The van der Waals surface area contributed by atoms with Crippen molar-refractivity contribution >= 4 is 11.6 Å². The highest BCUT2D eigenvalue weighted by Crippen LogP contribution is 2.24. The van der Waals surface area contributed by atoms with Crippen molar-refractivity contribution in [1.82, 2.24) is 4.98 Å². The largest absolute Gasteiger partial charge is 0.369 e. The van der Waals surface area contributed by atoms with E-state index in [4.69, 9.17) is 11.0 Å². The molecular formula is C12H14N4O. The Hall–Kier alpha value is -2.09. The molecule has 5 heteroatoms. The highest BCUT2D eigenvalue weighted by Gasteiger charge is 2.24. The van der Waals surface area contributed by atoms with Crippen LogP contribution >= 0.6 is 0 Å². The average molecular weight is 230 g/mol. The predicted octanol–water partition coefficient (Wildman–Crippen LogP) is 0.655. The SMILES string of the molecule is N#Cc1ccncc1N1CCC(C(N)=O)CC1. The van der Waals surface area contributed by atoms with Gasteiger partial charge in [0.05, 0.1) is 17.4 Å². The Morgan fingerprint density at radius 2 is 2.24 bits per heavy atom. The van der Waals surface area contributed by atoms with Crippen molar-refractivity contribution < 1.29 is 4.79 Å². The third kappa shape index (κ3) is 2.36. The number of carbonyl (C=O) groups excluding carboxylic acids is 1. The minimum absolute atomic E-state index is 0.0338. The van der Waals surface area contributed by atoms with Gasteiger partial charge in [-0.05, 0) is 18.9 Å². The molecule has 2 heterocycles. The number of nitriles is 1. The van der Waals surface area contributed by atoms with E-state index in [1.54, 1.807) is 18.5 Å². The molecule has 0 aliphatic carbocycles. The van der Waals surface area contributed by atoms with E-state index in [1.807, 2.05) is 0 Å². The molecule has 0 spiro atoms. The summed E-state index contributed by atoms with van der Waals surface area (Å²) in [5.74, 6) is -0.259. The van der Waals surface area contributed by atoms with Crippen LogP contribution in [0.5, 0.6) is 0 Å². The van der Waals surface area contributed by atoms with Crippen LogP contribution in [-0.2, 0) is 4.79 Å². The Balaban J connectivity index is 2.11. The van der Waals surface area contributed by atoms with Crippen molar-refractivity contribution in [2.45, 2.75) is 12.8 Å². The minimum atomic E-state index is -0.226. The lowest BCUT2D eigenvalue weighted by Crippen LogP contribution is -2.38. The van der Waals surface area contributed by atoms with E-state index in [9.17, 15) is 4.79 Å². The summed E-state index contributed by atoms with van der Waals surface area (Å²) in [5.41, 5.74) is 6.75.